The highest BCUT2D eigenvalue weighted by atomic mass is 35.5. The number of nitrogens with zero attached hydrogens (tertiary/aromatic N) is 8. The quantitative estimate of drug-likeness (QED) is 0.0845. The Labute approximate surface area is 330 Å². The number of ether oxygens (including phenoxy) is 4. The van der Waals surface area contributed by atoms with E-state index in [9.17, 15) is 0 Å². The standard InChI is InChI=1S/C19H28N6O2.C13H21N3O2.C7H9ClN2/c1-14-11-18(24-19(20-2)22-14)23-17-12-15(16(26-3)13-21-17)27-10-6-9-25-7-4-5-8-25;1-17-12-10-15-13(14)9-11(12)18-8-4-7-16-5-2-3-6-16;1-3-7-9-5(2)4-6(8)10-7/h11-13H,4-10H2,1-3H3,(H2,20,21,22,23,24);9-10H,2-8H2,1H3,(H2,14,15);4H,3H2,1-2H3. The molecule has 0 spiro atoms. The minimum Gasteiger partial charge on any atom is -0.491 e. The summed E-state index contributed by atoms with van der Waals surface area (Å²) in [5, 5.41) is 6.68. The molecule has 0 bridgehead atoms. The summed E-state index contributed by atoms with van der Waals surface area (Å²) in [6.07, 6.45) is 11.4. The third-order valence-corrected chi connectivity index (χ3v) is 8.99. The van der Waals surface area contributed by atoms with E-state index in [-0.39, 0.29) is 0 Å². The van der Waals surface area contributed by atoms with Crippen molar-refractivity contribution in [1.29, 1.82) is 0 Å². The van der Waals surface area contributed by atoms with Crippen molar-refractivity contribution in [2.75, 3.05) is 90.1 Å². The molecule has 2 saturated heterocycles. The average molecular weight is 780 g/mol. The summed E-state index contributed by atoms with van der Waals surface area (Å²) in [6, 6.07) is 7.16. The van der Waals surface area contributed by atoms with E-state index in [1.165, 1.54) is 51.9 Å². The number of nitrogen functional groups attached to an aromatic ring is 1. The third-order valence-electron chi connectivity index (χ3n) is 8.79. The van der Waals surface area contributed by atoms with Gasteiger partial charge in [-0.2, -0.15) is 4.98 Å². The van der Waals surface area contributed by atoms with Gasteiger partial charge in [-0.15, -0.1) is 0 Å². The Morgan fingerprint density at radius 3 is 1.82 bits per heavy atom. The van der Waals surface area contributed by atoms with Crippen molar-refractivity contribution in [1.82, 2.24) is 39.7 Å². The molecule has 0 aliphatic carbocycles. The third kappa shape index (κ3) is 15.1. The van der Waals surface area contributed by atoms with Gasteiger partial charge in [0, 0.05) is 56.1 Å². The number of rotatable bonds is 16. The van der Waals surface area contributed by atoms with E-state index >= 15 is 0 Å². The summed E-state index contributed by atoms with van der Waals surface area (Å²) in [7, 11) is 5.01. The van der Waals surface area contributed by atoms with Gasteiger partial charge >= 0.3 is 0 Å². The summed E-state index contributed by atoms with van der Waals surface area (Å²) in [6.45, 7) is 14.2. The Bertz CT molecular complexity index is 1720. The van der Waals surface area contributed by atoms with Crippen LogP contribution in [0, 0.1) is 13.8 Å². The van der Waals surface area contributed by atoms with Crippen molar-refractivity contribution in [3.8, 4) is 23.0 Å². The van der Waals surface area contributed by atoms with Crippen molar-refractivity contribution >= 4 is 35.0 Å². The number of hydrogen-bond donors (Lipinski definition) is 3. The molecule has 0 aromatic carbocycles. The van der Waals surface area contributed by atoms with E-state index in [2.05, 4.69) is 50.3 Å². The summed E-state index contributed by atoms with van der Waals surface area (Å²) >= 11 is 5.68. The lowest BCUT2D eigenvalue weighted by Crippen LogP contribution is -2.22. The van der Waals surface area contributed by atoms with Gasteiger partial charge in [0.15, 0.2) is 23.0 Å². The lowest BCUT2D eigenvalue weighted by atomic mass is 10.3. The molecule has 0 atom stereocenters. The lowest BCUT2D eigenvalue weighted by Gasteiger charge is -2.16. The number of hydrogen-bond acceptors (Lipinski definition) is 15. The molecule has 4 aromatic heterocycles. The number of methoxy groups -OCH3 is 2. The molecule has 0 saturated carbocycles. The maximum Gasteiger partial charge on any atom is 0.224 e. The maximum atomic E-state index is 5.96. The molecule has 15 nitrogen and oxygen atoms in total. The van der Waals surface area contributed by atoms with Gasteiger partial charge in [0.2, 0.25) is 5.95 Å². The van der Waals surface area contributed by atoms with E-state index in [1.807, 2.05) is 32.9 Å². The molecule has 0 unspecified atom stereocenters. The monoisotopic (exact) mass is 779 g/mol. The molecular weight excluding hydrogens is 722 g/mol. The molecule has 4 N–H and O–H groups in total. The fourth-order valence-electron chi connectivity index (χ4n) is 6.04. The highest BCUT2D eigenvalue weighted by Crippen LogP contribution is 2.30. The zero-order valence-electron chi connectivity index (χ0n) is 33.2. The highest BCUT2D eigenvalue weighted by Gasteiger charge is 2.13. The maximum absolute atomic E-state index is 5.96. The fourth-order valence-corrected chi connectivity index (χ4v) is 6.30. The highest BCUT2D eigenvalue weighted by molar-refractivity contribution is 6.29. The molecular formula is C39H58ClN11O4. The van der Waals surface area contributed by atoms with Crippen LogP contribution in [0.25, 0.3) is 0 Å². The predicted molar refractivity (Wildman–Crippen MR) is 218 cm³/mol. The second kappa shape index (κ2) is 23.2. The van der Waals surface area contributed by atoms with E-state index in [0.717, 1.165) is 49.6 Å². The zero-order chi connectivity index (χ0) is 39.4. The van der Waals surface area contributed by atoms with Gasteiger partial charge in [0.1, 0.15) is 28.4 Å². The van der Waals surface area contributed by atoms with Gasteiger partial charge in [0.05, 0.1) is 39.8 Å². The number of pyridine rings is 2. The van der Waals surface area contributed by atoms with E-state index in [1.54, 1.807) is 45.8 Å². The Morgan fingerprint density at radius 2 is 1.27 bits per heavy atom. The van der Waals surface area contributed by atoms with Gasteiger partial charge in [-0.25, -0.2) is 24.9 Å². The van der Waals surface area contributed by atoms with Crippen LogP contribution >= 0.6 is 11.6 Å². The van der Waals surface area contributed by atoms with Crippen LogP contribution in [0.4, 0.5) is 23.4 Å². The minimum absolute atomic E-state index is 0.449. The smallest absolute Gasteiger partial charge is 0.224 e. The van der Waals surface area contributed by atoms with Gasteiger partial charge in [0.25, 0.3) is 0 Å². The number of anilines is 4. The van der Waals surface area contributed by atoms with Crippen LogP contribution in [0.3, 0.4) is 0 Å². The van der Waals surface area contributed by atoms with Crippen LogP contribution in [0.2, 0.25) is 5.15 Å². The van der Waals surface area contributed by atoms with Crippen molar-refractivity contribution in [3.05, 3.63) is 59.0 Å². The summed E-state index contributed by atoms with van der Waals surface area (Å²) in [4.78, 5) is 30.1. The minimum atomic E-state index is 0.449. The van der Waals surface area contributed by atoms with Gasteiger partial charge in [-0.3, -0.25) is 0 Å². The van der Waals surface area contributed by atoms with E-state index in [4.69, 9.17) is 36.3 Å². The molecule has 4 aromatic rings. The van der Waals surface area contributed by atoms with Crippen LogP contribution in [-0.4, -0.2) is 113 Å². The molecule has 2 aliphatic heterocycles. The molecule has 6 heterocycles. The number of aryl methyl sites for hydroxylation is 3. The van der Waals surface area contributed by atoms with Crippen molar-refractivity contribution < 1.29 is 18.9 Å². The SMILES string of the molecule is CCc1nc(C)cc(Cl)n1.CNc1nc(C)cc(Nc2cc(OCCCN3CCCC3)c(OC)cn2)n1.COc1cnc(N)cc1OCCCN1CCCC1. The molecule has 2 fully saturated rings. The second-order valence-electron chi connectivity index (χ2n) is 13.2. The number of likely N-dealkylation sites (tertiary alicyclic amines) is 2. The van der Waals surface area contributed by atoms with Crippen LogP contribution in [0.1, 0.15) is 62.7 Å². The molecule has 16 heteroatoms. The predicted octanol–water partition coefficient (Wildman–Crippen LogP) is 6.38. The first-order valence-electron chi connectivity index (χ1n) is 19.0. The molecule has 0 radical (unpaired) electrons. The molecule has 55 heavy (non-hydrogen) atoms. The number of halogens is 1. The first-order valence-corrected chi connectivity index (χ1v) is 19.4. The van der Waals surface area contributed by atoms with Gasteiger partial charge in [-0.1, -0.05) is 18.5 Å². The summed E-state index contributed by atoms with van der Waals surface area (Å²) in [5.74, 6) is 5.74. The van der Waals surface area contributed by atoms with Crippen LogP contribution < -0.4 is 35.3 Å². The number of nitrogens with two attached hydrogens (primary N) is 1. The Balaban J connectivity index is 0.000000205. The van der Waals surface area contributed by atoms with Crippen molar-refractivity contribution in [2.24, 2.45) is 0 Å². The summed E-state index contributed by atoms with van der Waals surface area (Å²) in [5.41, 5.74) is 7.42. The van der Waals surface area contributed by atoms with Crippen molar-refractivity contribution in [3.63, 3.8) is 0 Å². The number of aromatic nitrogens is 6. The first-order chi connectivity index (χ1) is 26.7. The van der Waals surface area contributed by atoms with E-state index in [0.29, 0.717) is 64.8 Å². The Kier molecular flexibility index (Phi) is 18.2. The van der Waals surface area contributed by atoms with Gasteiger partial charge < -0.3 is 45.1 Å². The number of nitrogens with one attached hydrogen (secondary N) is 2. The molecule has 2 aliphatic rings. The average Bonchev–Trinajstić information content (AvgIpc) is 3.90. The molecule has 6 rings (SSSR count). The van der Waals surface area contributed by atoms with Crippen LogP contribution in [0.5, 0.6) is 23.0 Å². The Hall–Kier alpha value is -4.73. The largest absolute Gasteiger partial charge is 0.491 e. The topological polar surface area (TPSA) is 171 Å². The van der Waals surface area contributed by atoms with E-state index < -0.39 is 0 Å². The van der Waals surface area contributed by atoms with Crippen LogP contribution in [-0.2, 0) is 6.42 Å². The first kappa shape index (κ1) is 43.0. The Morgan fingerprint density at radius 1 is 0.709 bits per heavy atom. The van der Waals surface area contributed by atoms with Gasteiger partial charge in [-0.05, 0) is 84.6 Å². The van der Waals surface area contributed by atoms with Crippen LogP contribution in [0.15, 0.2) is 36.7 Å². The zero-order valence-corrected chi connectivity index (χ0v) is 34.0. The normalized spacial score (nSPS) is 13.9. The summed E-state index contributed by atoms with van der Waals surface area (Å²) < 4.78 is 22.2. The molecule has 0 amide bonds. The lowest BCUT2D eigenvalue weighted by molar-refractivity contribution is 0.254. The second-order valence-corrected chi connectivity index (χ2v) is 13.6. The van der Waals surface area contributed by atoms with Crippen molar-refractivity contribution in [2.45, 2.75) is 65.7 Å². The fraction of sp³-hybridized carbons (Fsp3) is 0.538. The molecule has 300 valence electrons.